The Bertz CT molecular complexity index is 1660. The summed E-state index contributed by atoms with van der Waals surface area (Å²) < 4.78 is 41.0. The van der Waals surface area contributed by atoms with E-state index in [1.807, 2.05) is 13.0 Å². The van der Waals surface area contributed by atoms with Crippen molar-refractivity contribution in [2.24, 2.45) is 4.99 Å². The predicted octanol–water partition coefficient (Wildman–Crippen LogP) is 4.86. The van der Waals surface area contributed by atoms with Crippen LogP contribution in [0.4, 0.5) is 5.69 Å². The maximum atomic E-state index is 13.1. The van der Waals surface area contributed by atoms with Crippen molar-refractivity contribution in [1.82, 2.24) is 4.57 Å². The second kappa shape index (κ2) is 11.8. The predicted molar refractivity (Wildman–Crippen MR) is 146 cm³/mol. The molecular formula is C26H24ClN3O6S2. The number of amides is 1. The van der Waals surface area contributed by atoms with Crippen molar-refractivity contribution < 1.29 is 27.5 Å². The maximum absolute atomic E-state index is 13.1. The third-order valence-corrected chi connectivity index (χ3v) is 7.93. The van der Waals surface area contributed by atoms with Crippen molar-refractivity contribution in [3.05, 3.63) is 82.1 Å². The summed E-state index contributed by atoms with van der Waals surface area (Å²) in [6.07, 6.45) is 0. The van der Waals surface area contributed by atoms with Gasteiger partial charge in [0.2, 0.25) is 0 Å². The van der Waals surface area contributed by atoms with Crippen LogP contribution in [-0.2, 0) is 26.1 Å². The van der Waals surface area contributed by atoms with Gasteiger partial charge in [0.15, 0.2) is 4.80 Å². The Morgan fingerprint density at radius 1 is 1.03 bits per heavy atom. The van der Waals surface area contributed by atoms with Crippen molar-refractivity contribution in [2.75, 3.05) is 17.9 Å². The van der Waals surface area contributed by atoms with Gasteiger partial charge in [-0.15, -0.1) is 0 Å². The first-order valence-electron chi connectivity index (χ1n) is 11.6. The summed E-state index contributed by atoms with van der Waals surface area (Å²) in [6, 6.07) is 17.1. The van der Waals surface area contributed by atoms with Gasteiger partial charge in [-0.1, -0.05) is 29.0 Å². The van der Waals surface area contributed by atoms with Gasteiger partial charge in [-0.3, -0.25) is 14.3 Å². The van der Waals surface area contributed by atoms with Crippen molar-refractivity contribution >= 4 is 60.7 Å². The molecule has 0 saturated heterocycles. The molecule has 0 aliphatic rings. The molecule has 3 aromatic carbocycles. The number of thiazole rings is 1. The average Bonchev–Trinajstić information content (AvgIpc) is 3.20. The van der Waals surface area contributed by atoms with Crippen LogP contribution in [-0.4, -0.2) is 38.1 Å². The lowest BCUT2D eigenvalue weighted by atomic mass is 10.2. The van der Waals surface area contributed by atoms with E-state index in [-0.39, 0.29) is 29.3 Å². The molecule has 0 aliphatic carbocycles. The molecule has 198 valence electrons. The summed E-state index contributed by atoms with van der Waals surface area (Å²) in [6.45, 7) is 4.18. The molecule has 0 saturated carbocycles. The summed E-state index contributed by atoms with van der Waals surface area (Å²) in [5.41, 5.74) is 1.05. The molecular weight excluding hydrogens is 550 g/mol. The molecule has 0 fully saturated rings. The highest BCUT2D eigenvalue weighted by Crippen LogP contribution is 2.24. The van der Waals surface area contributed by atoms with Crippen molar-refractivity contribution in [2.45, 2.75) is 25.3 Å². The van der Waals surface area contributed by atoms with E-state index in [4.69, 9.17) is 21.1 Å². The number of rotatable bonds is 9. The third-order valence-electron chi connectivity index (χ3n) is 5.24. The summed E-state index contributed by atoms with van der Waals surface area (Å²) in [7, 11) is -3.90. The molecule has 9 nitrogen and oxygen atoms in total. The molecule has 4 rings (SSSR count). The number of sulfonamides is 1. The SMILES string of the molecule is CCOC(=O)Cn1c(=NC(=O)c2cccc(NS(=O)(=O)c3ccc(Cl)cc3)c2)sc2cc(OCC)ccc21. The number of esters is 1. The molecule has 4 aromatic rings. The van der Waals surface area contributed by atoms with E-state index in [0.717, 1.165) is 4.70 Å². The highest BCUT2D eigenvalue weighted by molar-refractivity contribution is 7.92. The number of carbonyl (C=O) groups is 2. The monoisotopic (exact) mass is 573 g/mol. The first-order valence-corrected chi connectivity index (χ1v) is 14.3. The largest absolute Gasteiger partial charge is 0.494 e. The highest BCUT2D eigenvalue weighted by Gasteiger charge is 2.17. The number of nitrogens with one attached hydrogen (secondary N) is 1. The van der Waals surface area contributed by atoms with E-state index < -0.39 is 21.9 Å². The Hall–Kier alpha value is -3.67. The summed E-state index contributed by atoms with van der Waals surface area (Å²) in [4.78, 5) is 30.0. The van der Waals surface area contributed by atoms with Crippen LogP contribution >= 0.6 is 22.9 Å². The molecule has 38 heavy (non-hydrogen) atoms. The second-order valence-electron chi connectivity index (χ2n) is 7.90. The zero-order valence-corrected chi connectivity index (χ0v) is 22.9. The van der Waals surface area contributed by atoms with Crippen LogP contribution in [0.25, 0.3) is 10.2 Å². The third kappa shape index (κ3) is 6.42. The van der Waals surface area contributed by atoms with Crippen LogP contribution in [0.2, 0.25) is 5.02 Å². The molecule has 1 aromatic heterocycles. The first-order chi connectivity index (χ1) is 18.2. The second-order valence-corrected chi connectivity index (χ2v) is 11.0. The van der Waals surface area contributed by atoms with Crippen molar-refractivity contribution in [3.63, 3.8) is 0 Å². The van der Waals surface area contributed by atoms with Gasteiger partial charge in [0.1, 0.15) is 12.3 Å². The minimum Gasteiger partial charge on any atom is -0.494 e. The smallest absolute Gasteiger partial charge is 0.326 e. The number of hydrogen-bond donors (Lipinski definition) is 1. The number of nitrogens with zero attached hydrogens (tertiary/aromatic N) is 2. The normalized spacial score (nSPS) is 11.9. The molecule has 1 amide bonds. The fourth-order valence-corrected chi connectivity index (χ4v) is 5.81. The molecule has 12 heteroatoms. The van der Waals surface area contributed by atoms with E-state index in [9.17, 15) is 18.0 Å². The maximum Gasteiger partial charge on any atom is 0.326 e. The van der Waals surface area contributed by atoms with E-state index in [1.54, 1.807) is 29.7 Å². The average molecular weight is 574 g/mol. The van der Waals surface area contributed by atoms with Crippen LogP contribution in [0, 0.1) is 0 Å². The zero-order valence-electron chi connectivity index (χ0n) is 20.5. The van der Waals surface area contributed by atoms with Crippen molar-refractivity contribution in [1.29, 1.82) is 0 Å². The molecule has 1 heterocycles. The number of carbonyl (C=O) groups excluding carboxylic acids is 2. The molecule has 0 aliphatic heterocycles. The van der Waals surface area contributed by atoms with E-state index in [1.165, 1.54) is 53.8 Å². The van der Waals surface area contributed by atoms with Gasteiger partial charge in [-0.25, -0.2) is 8.42 Å². The quantitative estimate of drug-likeness (QED) is 0.286. The molecule has 0 atom stereocenters. The van der Waals surface area contributed by atoms with Crippen molar-refractivity contribution in [3.8, 4) is 5.75 Å². The fraction of sp³-hybridized carbons (Fsp3) is 0.192. The number of ether oxygens (including phenoxy) is 2. The Labute approximate surface area is 228 Å². The van der Waals surface area contributed by atoms with Crippen LogP contribution < -0.4 is 14.3 Å². The molecule has 1 N–H and O–H groups in total. The number of aromatic nitrogens is 1. The van der Waals surface area contributed by atoms with Crippen LogP contribution in [0.3, 0.4) is 0 Å². The Balaban J connectivity index is 1.68. The minimum atomic E-state index is -3.90. The topological polar surface area (TPSA) is 116 Å². The van der Waals surface area contributed by atoms with Gasteiger partial charge in [0, 0.05) is 16.3 Å². The standard InChI is InChI=1S/C26H24ClN3O6S2/c1-3-35-20-10-13-22-23(15-20)37-26(30(22)16-24(31)36-4-2)28-25(32)17-6-5-7-19(14-17)29-38(33,34)21-11-8-18(27)9-12-21/h5-15,29H,3-4,16H2,1-2H3. The summed E-state index contributed by atoms with van der Waals surface area (Å²) in [5.74, 6) is -0.414. The van der Waals surface area contributed by atoms with Crippen LogP contribution in [0.5, 0.6) is 5.75 Å². The molecule has 0 spiro atoms. The lowest BCUT2D eigenvalue weighted by Crippen LogP contribution is -2.23. The number of hydrogen-bond acceptors (Lipinski definition) is 7. The van der Waals surface area contributed by atoms with Crippen LogP contribution in [0.15, 0.2) is 76.6 Å². The molecule has 0 radical (unpaired) electrons. The Morgan fingerprint density at radius 2 is 1.79 bits per heavy atom. The van der Waals surface area contributed by atoms with E-state index in [0.29, 0.717) is 27.7 Å². The Kier molecular flexibility index (Phi) is 8.50. The van der Waals surface area contributed by atoms with E-state index in [2.05, 4.69) is 9.71 Å². The van der Waals surface area contributed by atoms with Gasteiger partial charge in [-0.2, -0.15) is 4.99 Å². The first kappa shape index (κ1) is 27.4. The Morgan fingerprint density at radius 3 is 2.50 bits per heavy atom. The lowest BCUT2D eigenvalue weighted by molar-refractivity contribution is -0.143. The van der Waals surface area contributed by atoms with E-state index >= 15 is 0 Å². The summed E-state index contributed by atoms with van der Waals surface area (Å²) >= 11 is 7.08. The molecule has 0 unspecified atom stereocenters. The van der Waals surface area contributed by atoms with Gasteiger partial charge in [-0.05, 0) is 74.5 Å². The lowest BCUT2D eigenvalue weighted by Gasteiger charge is -2.09. The minimum absolute atomic E-state index is 0.0278. The number of anilines is 1. The number of halogens is 1. The molecule has 0 bridgehead atoms. The zero-order chi connectivity index (χ0) is 27.3. The van der Waals surface area contributed by atoms with Gasteiger partial charge >= 0.3 is 5.97 Å². The van der Waals surface area contributed by atoms with Gasteiger partial charge in [0.25, 0.3) is 15.9 Å². The van der Waals surface area contributed by atoms with Crippen LogP contribution in [0.1, 0.15) is 24.2 Å². The highest BCUT2D eigenvalue weighted by atomic mass is 35.5. The fourth-order valence-electron chi connectivity index (χ4n) is 3.58. The van der Waals surface area contributed by atoms with Gasteiger partial charge in [0.05, 0.1) is 28.3 Å². The number of fused-ring (bicyclic) bond motifs is 1. The number of benzene rings is 3. The summed E-state index contributed by atoms with van der Waals surface area (Å²) in [5, 5.41) is 0.411. The van der Waals surface area contributed by atoms with Gasteiger partial charge < -0.3 is 14.0 Å².